The molecule has 0 radical (unpaired) electrons. The predicted octanol–water partition coefficient (Wildman–Crippen LogP) is 0.0475. The van der Waals surface area contributed by atoms with Crippen molar-refractivity contribution in [2.45, 2.75) is 0 Å². The van der Waals surface area contributed by atoms with E-state index in [1.165, 1.54) is 10.4 Å². The molecule has 6 nitrogen and oxygen atoms in total. The first-order valence-corrected chi connectivity index (χ1v) is 7.77. The molecule has 20 heavy (non-hydrogen) atoms. The Labute approximate surface area is 118 Å². The summed E-state index contributed by atoms with van der Waals surface area (Å²) >= 11 is 0. The molecule has 0 aromatic heterocycles. The van der Waals surface area contributed by atoms with E-state index in [0.717, 1.165) is 5.56 Å². The molecule has 2 rings (SSSR count). The average molecular weight is 295 g/mol. The highest BCUT2D eigenvalue weighted by Gasteiger charge is 2.25. The molecular weight excluding hydrogens is 278 g/mol. The zero-order chi connectivity index (χ0) is 14.6. The zero-order valence-corrected chi connectivity index (χ0v) is 11.8. The molecule has 1 saturated heterocycles. The van der Waals surface area contributed by atoms with Crippen LogP contribution in [0, 0.1) is 0 Å². The molecule has 1 amide bonds. The molecule has 1 aliphatic rings. The summed E-state index contributed by atoms with van der Waals surface area (Å²) in [6.45, 7) is 1.19. The summed E-state index contributed by atoms with van der Waals surface area (Å²) in [5.74, 6) is -0.122. The second-order valence-corrected chi connectivity index (χ2v) is 6.06. The van der Waals surface area contributed by atoms with E-state index in [4.69, 9.17) is 5.14 Å². The van der Waals surface area contributed by atoms with Crippen molar-refractivity contribution < 1.29 is 13.2 Å². The smallest absolute Gasteiger partial charge is 0.277 e. The van der Waals surface area contributed by atoms with E-state index in [-0.39, 0.29) is 19.0 Å². The van der Waals surface area contributed by atoms with Gasteiger partial charge in [0.25, 0.3) is 10.2 Å². The van der Waals surface area contributed by atoms with Crippen LogP contribution in [0.4, 0.5) is 0 Å². The van der Waals surface area contributed by atoms with Crippen molar-refractivity contribution >= 4 is 22.2 Å². The van der Waals surface area contributed by atoms with Gasteiger partial charge in [-0.25, -0.2) is 5.14 Å². The lowest BCUT2D eigenvalue weighted by Gasteiger charge is -2.32. The van der Waals surface area contributed by atoms with Crippen molar-refractivity contribution in [1.29, 1.82) is 0 Å². The van der Waals surface area contributed by atoms with E-state index in [1.807, 2.05) is 30.3 Å². The van der Waals surface area contributed by atoms with Crippen LogP contribution in [0.25, 0.3) is 6.08 Å². The average Bonchev–Trinajstić information content (AvgIpc) is 2.45. The van der Waals surface area contributed by atoms with Gasteiger partial charge in [0.05, 0.1) is 0 Å². The number of amides is 1. The first kappa shape index (κ1) is 14.7. The minimum atomic E-state index is -3.65. The largest absolute Gasteiger partial charge is 0.337 e. The van der Waals surface area contributed by atoms with E-state index in [9.17, 15) is 13.2 Å². The number of nitrogens with zero attached hydrogens (tertiary/aromatic N) is 2. The molecule has 0 atom stereocenters. The summed E-state index contributed by atoms with van der Waals surface area (Å²) in [7, 11) is -3.65. The van der Waals surface area contributed by atoms with Crippen LogP contribution in [0.15, 0.2) is 36.4 Å². The van der Waals surface area contributed by atoms with Crippen molar-refractivity contribution in [1.82, 2.24) is 9.21 Å². The highest BCUT2D eigenvalue weighted by atomic mass is 32.2. The van der Waals surface area contributed by atoms with E-state index in [1.54, 1.807) is 11.0 Å². The fourth-order valence-electron chi connectivity index (χ4n) is 2.00. The van der Waals surface area contributed by atoms with Crippen LogP contribution in [-0.4, -0.2) is 49.7 Å². The second-order valence-electron chi connectivity index (χ2n) is 4.51. The quantitative estimate of drug-likeness (QED) is 0.800. The summed E-state index contributed by atoms with van der Waals surface area (Å²) in [4.78, 5) is 13.6. The number of benzene rings is 1. The van der Waals surface area contributed by atoms with Crippen molar-refractivity contribution in [3.05, 3.63) is 42.0 Å². The molecule has 7 heteroatoms. The van der Waals surface area contributed by atoms with E-state index >= 15 is 0 Å². The maximum absolute atomic E-state index is 12.0. The highest BCUT2D eigenvalue weighted by Crippen LogP contribution is 2.07. The Balaban J connectivity index is 1.91. The second kappa shape index (κ2) is 6.17. The minimum absolute atomic E-state index is 0.122. The van der Waals surface area contributed by atoms with E-state index in [2.05, 4.69) is 0 Å². The van der Waals surface area contributed by atoms with Crippen LogP contribution in [-0.2, 0) is 15.0 Å². The molecule has 1 aromatic rings. The summed E-state index contributed by atoms with van der Waals surface area (Å²) in [6.07, 6.45) is 3.25. The third kappa shape index (κ3) is 3.89. The summed E-state index contributed by atoms with van der Waals surface area (Å²) in [5, 5.41) is 5.05. The lowest BCUT2D eigenvalue weighted by molar-refractivity contribution is -0.127. The standard InChI is InChI=1S/C13H17N3O3S/c14-20(18,19)16-10-8-15(9-11-16)13(17)7-6-12-4-2-1-3-5-12/h1-7H,8-11H2,(H2,14,18,19)/b7-6+. The molecule has 0 aliphatic carbocycles. The van der Waals surface area contributed by atoms with Gasteiger partial charge < -0.3 is 4.90 Å². The molecule has 108 valence electrons. The van der Waals surface area contributed by atoms with Gasteiger partial charge in [-0.05, 0) is 11.6 Å². The Bertz CT molecular complexity index is 591. The lowest BCUT2D eigenvalue weighted by Crippen LogP contribution is -2.51. The SMILES string of the molecule is NS(=O)(=O)N1CCN(C(=O)/C=C/c2ccccc2)CC1. The van der Waals surface area contributed by atoms with Gasteiger partial charge in [0.1, 0.15) is 0 Å². The highest BCUT2D eigenvalue weighted by molar-refractivity contribution is 7.86. The fraction of sp³-hybridized carbons (Fsp3) is 0.308. The lowest BCUT2D eigenvalue weighted by atomic mass is 10.2. The number of piperazine rings is 1. The Kier molecular flexibility index (Phi) is 4.53. The maximum Gasteiger partial charge on any atom is 0.277 e. The Hall–Kier alpha value is -1.70. The van der Waals surface area contributed by atoms with Crippen molar-refractivity contribution in [3.63, 3.8) is 0 Å². The van der Waals surface area contributed by atoms with Crippen LogP contribution in [0.1, 0.15) is 5.56 Å². The molecule has 0 saturated carbocycles. The number of hydrogen-bond donors (Lipinski definition) is 1. The van der Waals surface area contributed by atoms with Crippen LogP contribution >= 0.6 is 0 Å². The molecule has 2 N–H and O–H groups in total. The molecule has 1 aliphatic heterocycles. The minimum Gasteiger partial charge on any atom is -0.337 e. The molecule has 0 bridgehead atoms. The van der Waals surface area contributed by atoms with Gasteiger partial charge in [-0.2, -0.15) is 12.7 Å². The number of rotatable bonds is 3. The molecular formula is C13H17N3O3S. The first-order chi connectivity index (χ1) is 9.47. The van der Waals surface area contributed by atoms with Crippen molar-refractivity contribution in [2.75, 3.05) is 26.2 Å². The molecule has 0 spiro atoms. The Morgan fingerprint density at radius 1 is 1.10 bits per heavy atom. The van der Waals surface area contributed by atoms with Gasteiger partial charge in [-0.15, -0.1) is 0 Å². The normalized spacial score (nSPS) is 17.6. The monoisotopic (exact) mass is 295 g/mol. The van der Waals surface area contributed by atoms with Gasteiger partial charge in [0.15, 0.2) is 0 Å². The number of carbonyl (C=O) groups excluding carboxylic acids is 1. The fourth-order valence-corrected chi connectivity index (χ4v) is 2.67. The van der Waals surface area contributed by atoms with Gasteiger partial charge in [0, 0.05) is 32.3 Å². The topological polar surface area (TPSA) is 83.7 Å². The van der Waals surface area contributed by atoms with Crippen LogP contribution < -0.4 is 5.14 Å². The van der Waals surface area contributed by atoms with Gasteiger partial charge in [-0.3, -0.25) is 4.79 Å². The van der Waals surface area contributed by atoms with Crippen LogP contribution in [0.2, 0.25) is 0 Å². The first-order valence-electron chi connectivity index (χ1n) is 6.27. The van der Waals surface area contributed by atoms with Gasteiger partial charge in [0.2, 0.25) is 5.91 Å². The Morgan fingerprint density at radius 2 is 1.70 bits per heavy atom. The molecule has 1 heterocycles. The van der Waals surface area contributed by atoms with Gasteiger partial charge in [-0.1, -0.05) is 30.3 Å². The summed E-state index contributed by atoms with van der Waals surface area (Å²) < 4.78 is 23.5. The van der Waals surface area contributed by atoms with E-state index in [0.29, 0.717) is 13.1 Å². The number of carbonyl (C=O) groups is 1. The van der Waals surface area contributed by atoms with E-state index < -0.39 is 10.2 Å². The van der Waals surface area contributed by atoms with Gasteiger partial charge >= 0.3 is 0 Å². The van der Waals surface area contributed by atoms with Crippen molar-refractivity contribution in [3.8, 4) is 0 Å². The summed E-state index contributed by atoms with van der Waals surface area (Å²) in [6, 6.07) is 9.52. The third-order valence-electron chi connectivity index (χ3n) is 3.13. The third-order valence-corrected chi connectivity index (χ3v) is 4.21. The zero-order valence-electron chi connectivity index (χ0n) is 11.0. The summed E-state index contributed by atoms with van der Waals surface area (Å²) in [5.41, 5.74) is 0.948. The molecule has 1 aromatic carbocycles. The van der Waals surface area contributed by atoms with Crippen LogP contribution in [0.3, 0.4) is 0 Å². The number of hydrogen-bond acceptors (Lipinski definition) is 3. The molecule has 1 fully saturated rings. The molecule has 0 unspecified atom stereocenters. The van der Waals surface area contributed by atoms with Crippen molar-refractivity contribution in [2.24, 2.45) is 5.14 Å². The Morgan fingerprint density at radius 3 is 2.25 bits per heavy atom. The number of nitrogens with two attached hydrogens (primary N) is 1. The maximum atomic E-state index is 12.0. The predicted molar refractivity (Wildman–Crippen MR) is 76.7 cm³/mol. The van der Waals surface area contributed by atoms with Crippen LogP contribution in [0.5, 0.6) is 0 Å².